The number of hydrogen-bond acceptors (Lipinski definition) is 5. The Balaban J connectivity index is 1.35. The Labute approximate surface area is 181 Å². The van der Waals surface area contributed by atoms with E-state index in [2.05, 4.69) is 10.4 Å². The van der Waals surface area contributed by atoms with Gasteiger partial charge in [0.1, 0.15) is 5.71 Å². The van der Waals surface area contributed by atoms with Crippen molar-refractivity contribution in [1.29, 1.82) is 0 Å². The number of hydrazone groups is 1. The molecular weight excluding hydrogens is 416 g/mol. The van der Waals surface area contributed by atoms with Gasteiger partial charge in [0.15, 0.2) is 0 Å². The second kappa shape index (κ2) is 8.89. The zero-order valence-corrected chi connectivity index (χ0v) is 17.8. The first kappa shape index (κ1) is 21.0. The fraction of sp³-hybridized carbons (Fsp3) is 0.318. The fourth-order valence-corrected chi connectivity index (χ4v) is 5.18. The van der Waals surface area contributed by atoms with E-state index < -0.39 is 15.9 Å². The van der Waals surface area contributed by atoms with E-state index in [-0.39, 0.29) is 36.8 Å². The molecule has 2 heterocycles. The lowest BCUT2D eigenvalue weighted by molar-refractivity contribution is -0.132. The van der Waals surface area contributed by atoms with E-state index >= 15 is 0 Å². The topological polar surface area (TPSA) is 99.2 Å². The predicted molar refractivity (Wildman–Crippen MR) is 118 cm³/mol. The number of sulfonamides is 1. The van der Waals surface area contributed by atoms with Gasteiger partial charge in [-0.25, -0.2) is 13.4 Å². The fourth-order valence-electron chi connectivity index (χ4n) is 3.75. The van der Waals surface area contributed by atoms with Gasteiger partial charge in [-0.1, -0.05) is 48.5 Å². The van der Waals surface area contributed by atoms with Crippen LogP contribution in [0.5, 0.6) is 0 Å². The Kier molecular flexibility index (Phi) is 6.03. The number of benzene rings is 2. The van der Waals surface area contributed by atoms with Gasteiger partial charge in [0.2, 0.25) is 15.9 Å². The largest absolute Gasteiger partial charge is 0.350 e. The number of carbonyl (C=O) groups excluding carboxylic acids is 2. The summed E-state index contributed by atoms with van der Waals surface area (Å²) in [4.78, 5) is 24.7. The average Bonchev–Trinajstić information content (AvgIpc) is 3.21. The van der Waals surface area contributed by atoms with Gasteiger partial charge < -0.3 is 5.32 Å². The number of anilines is 1. The maximum atomic E-state index is 12.7. The summed E-state index contributed by atoms with van der Waals surface area (Å²) in [6, 6.07) is 16.9. The van der Waals surface area contributed by atoms with E-state index in [9.17, 15) is 18.0 Å². The molecule has 0 radical (unpaired) electrons. The highest BCUT2D eigenvalue weighted by molar-refractivity contribution is 7.92. The quantitative estimate of drug-likeness (QED) is 0.708. The summed E-state index contributed by atoms with van der Waals surface area (Å²) in [6.45, 7) is 0.684. The molecule has 31 heavy (non-hydrogen) atoms. The molecule has 0 atom stereocenters. The molecule has 0 spiro atoms. The molecule has 2 aliphatic heterocycles. The normalized spacial score (nSPS) is 16.1. The third-order valence-electron chi connectivity index (χ3n) is 5.37. The highest BCUT2D eigenvalue weighted by Crippen LogP contribution is 2.29. The minimum Gasteiger partial charge on any atom is -0.350 e. The van der Waals surface area contributed by atoms with Crippen LogP contribution in [0.2, 0.25) is 0 Å². The Bertz CT molecular complexity index is 1120. The molecular formula is C22H24N4O4S. The zero-order chi connectivity index (χ0) is 21.8. The molecule has 0 unspecified atom stereocenters. The van der Waals surface area contributed by atoms with Crippen molar-refractivity contribution in [3.8, 4) is 0 Å². The van der Waals surface area contributed by atoms with Crippen LogP contribution >= 0.6 is 0 Å². The number of hydrogen-bond donors (Lipinski definition) is 1. The van der Waals surface area contributed by atoms with Crippen LogP contribution in [-0.4, -0.2) is 49.8 Å². The highest BCUT2D eigenvalue weighted by atomic mass is 32.2. The summed E-state index contributed by atoms with van der Waals surface area (Å²) in [5.41, 5.74) is 2.87. The molecule has 0 aromatic heterocycles. The first-order valence-electron chi connectivity index (χ1n) is 10.2. The number of nitrogens with zero attached hydrogens (tertiary/aromatic N) is 3. The molecule has 1 N–H and O–H groups in total. The lowest BCUT2D eigenvalue weighted by Crippen LogP contribution is -2.41. The standard InChI is InChI=1S/C22H24N4O4S/c27-21-11-10-19(24-25(21)16-17-6-2-1-3-7-17)22(28)23-13-15-31(29,30)26-14-12-18-8-4-5-9-20(18)26/h1-9H,10-16H2,(H,23,28). The Hall–Kier alpha value is -3.20. The third kappa shape index (κ3) is 4.77. The molecule has 0 fully saturated rings. The van der Waals surface area contributed by atoms with Gasteiger partial charge in [-0.3, -0.25) is 13.9 Å². The van der Waals surface area contributed by atoms with Crippen LogP contribution < -0.4 is 9.62 Å². The summed E-state index contributed by atoms with van der Waals surface area (Å²) in [5, 5.41) is 8.15. The summed E-state index contributed by atoms with van der Waals surface area (Å²) >= 11 is 0. The van der Waals surface area contributed by atoms with Gasteiger partial charge in [-0.05, 0) is 23.6 Å². The van der Waals surface area contributed by atoms with Gasteiger partial charge in [0.05, 0.1) is 18.0 Å². The number of rotatable bonds is 7. The van der Waals surface area contributed by atoms with Gasteiger partial charge >= 0.3 is 0 Å². The molecule has 2 aromatic carbocycles. The van der Waals surface area contributed by atoms with Gasteiger partial charge in [0, 0.05) is 25.9 Å². The molecule has 4 rings (SSSR count). The molecule has 2 amide bonds. The zero-order valence-electron chi connectivity index (χ0n) is 17.0. The molecule has 8 nitrogen and oxygen atoms in total. The number of fused-ring (bicyclic) bond motifs is 1. The van der Waals surface area contributed by atoms with Crippen molar-refractivity contribution in [3.05, 3.63) is 65.7 Å². The van der Waals surface area contributed by atoms with Crippen LogP contribution in [-0.2, 0) is 32.6 Å². The Morgan fingerprint density at radius 3 is 2.55 bits per heavy atom. The Morgan fingerprint density at radius 2 is 1.74 bits per heavy atom. The molecule has 0 bridgehead atoms. The summed E-state index contributed by atoms with van der Waals surface area (Å²) in [5.74, 6) is -0.786. The van der Waals surface area contributed by atoms with Crippen molar-refractivity contribution in [3.63, 3.8) is 0 Å². The highest BCUT2D eigenvalue weighted by Gasteiger charge is 2.29. The lowest BCUT2D eigenvalue weighted by atomic mass is 10.1. The monoisotopic (exact) mass is 440 g/mol. The smallest absolute Gasteiger partial charge is 0.267 e. The molecule has 0 saturated carbocycles. The van der Waals surface area contributed by atoms with Crippen molar-refractivity contribution in [1.82, 2.24) is 10.3 Å². The lowest BCUT2D eigenvalue weighted by Gasteiger charge is -2.23. The van der Waals surface area contributed by atoms with Crippen LogP contribution in [0.15, 0.2) is 59.7 Å². The summed E-state index contributed by atoms with van der Waals surface area (Å²) in [7, 11) is -3.55. The van der Waals surface area contributed by atoms with Crippen molar-refractivity contribution in [2.45, 2.75) is 25.8 Å². The van der Waals surface area contributed by atoms with E-state index in [4.69, 9.17) is 0 Å². The summed E-state index contributed by atoms with van der Waals surface area (Å²) < 4.78 is 26.9. The third-order valence-corrected chi connectivity index (χ3v) is 7.14. The van der Waals surface area contributed by atoms with Crippen molar-refractivity contribution in [2.24, 2.45) is 5.10 Å². The van der Waals surface area contributed by atoms with Crippen molar-refractivity contribution >= 4 is 33.2 Å². The number of para-hydroxylation sites is 1. The first-order valence-corrected chi connectivity index (χ1v) is 11.8. The van der Waals surface area contributed by atoms with E-state index in [1.54, 1.807) is 6.07 Å². The van der Waals surface area contributed by atoms with Crippen LogP contribution in [0.4, 0.5) is 5.69 Å². The number of amides is 2. The Morgan fingerprint density at radius 1 is 1.00 bits per heavy atom. The van der Waals surface area contributed by atoms with Gasteiger partial charge in [0.25, 0.3) is 5.91 Å². The molecule has 0 saturated heterocycles. The van der Waals surface area contributed by atoms with Gasteiger partial charge in [-0.2, -0.15) is 5.10 Å². The minimum atomic E-state index is -3.55. The van der Waals surface area contributed by atoms with E-state index in [0.717, 1.165) is 11.1 Å². The molecule has 162 valence electrons. The minimum absolute atomic E-state index is 0.0223. The predicted octanol–water partition coefficient (Wildman–Crippen LogP) is 1.67. The molecule has 0 aliphatic carbocycles. The maximum absolute atomic E-state index is 12.7. The second-order valence-electron chi connectivity index (χ2n) is 7.51. The number of nitrogens with one attached hydrogen (secondary N) is 1. The number of carbonyl (C=O) groups is 2. The molecule has 2 aromatic rings. The van der Waals surface area contributed by atoms with Crippen LogP contribution in [0, 0.1) is 0 Å². The van der Waals surface area contributed by atoms with Crippen molar-refractivity contribution in [2.75, 3.05) is 23.1 Å². The maximum Gasteiger partial charge on any atom is 0.267 e. The van der Waals surface area contributed by atoms with Gasteiger partial charge in [-0.15, -0.1) is 0 Å². The van der Waals surface area contributed by atoms with Crippen molar-refractivity contribution < 1.29 is 18.0 Å². The van der Waals surface area contributed by atoms with E-state index in [1.165, 1.54) is 9.31 Å². The van der Waals surface area contributed by atoms with Crippen LogP contribution in [0.3, 0.4) is 0 Å². The summed E-state index contributed by atoms with van der Waals surface area (Å²) in [6.07, 6.45) is 1.12. The average molecular weight is 441 g/mol. The van der Waals surface area contributed by atoms with Crippen LogP contribution in [0.1, 0.15) is 24.0 Å². The molecule has 9 heteroatoms. The van der Waals surface area contributed by atoms with Crippen LogP contribution in [0.25, 0.3) is 0 Å². The second-order valence-corrected chi connectivity index (χ2v) is 9.52. The molecule has 2 aliphatic rings. The first-order chi connectivity index (χ1) is 14.9. The SMILES string of the molecule is O=C(NCCS(=O)(=O)N1CCc2ccccc21)C1=NN(Cc2ccccc2)C(=O)CC1. The van der Waals surface area contributed by atoms with E-state index in [1.807, 2.05) is 48.5 Å². The van der Waals surface area contributed by atoms with E-state index in [0.29, 0.717) is 25.2 Å².